The van der Waals surface area contributed by atoms with Crippen LogP contribution in [0.2, 0.25) is 0 Å². The van der Waals surface area contributed by atoms with Crippen molar-refractivity contribution >= 4 is 29.1 Å². The van der Waals surface area contributed by atoms with E-state index in [1.54, 1.807) is 0 Å². The summed E-state index contributed by atoms with van der Waals surface area (Å²) < 4.78 is 11.6. The monoisotopic (exact) mass is 455 g/mol. The fraction of sp³-hybridized carbons (Fsp3) is 0.138. The molecule has 0 atom stereocenters. The van der Waals surface area contributed by atoms with Crippen LogP contribution in [-0.2, 0) is 20.9 Å². The molecule has 3 nitrogen and oxygen atoms in total. The number of benzene rings is 4. The molecule has 0 bridgehead atoms. The first-order valence-electron chi connectivity index (χ1n) is 11.1. The Morgan fingerprint density at radius 3 is 1.48 bits per heavy atom. The molecular formula is C29H28O3P+. The van der Waals surface area contributed by atoms with Gasteiger partial charge in [-0.15, -0.1) is 0 Å². The maximum Gasteiger partial charge on any atom is 0.308 e. The number of rotatable bonds is 10. The molecule has 0 heterocycles. The zero-order valence-electron chi connectivity index (χ0n) is 18.5. The Balaban J connectivity index is 1.50. The van der Waals surface area contributed by atoms with Gasteiger partial charge in [0.25, 0.3) is 0 Å². The summed E-state index contributed by atoms with van der Waals surface area (Å²) in [5.74, 6) is -0.248. The Hall–Kier alpha value is -3.26. The molecule has 0 amide bonds. The third kappa shape index (κ3) is 5.76. The highest BCUT2D eigenvalue weighted by Gasteiger charge is 2.45. The number of carbonyl (C=O) groups is 1. The lowest BCUT2D eigenvalue weighted by molar-refractivity contribution is -0.146. The molecule has 0 saturated carbocycles. The average molecular weight is 456 g/mol. The van der Waals surface area contributed by atoms with E-state index in [1.807, 2.05) is 48.5 Å². The molecule has 0 fully saturated rings. The molecule has 0 aromatic heterocycles. The molecule has 4 aromatic carbocycles. The zero-order chi connectivity index (χ0) is 22.8. The first-order chi connectivity index (χ1) is 16.3. The SMILES string of the molecule is O=C(CCOC[P+](c1ccccc1)(c1ccccc1)c1ccccc1)OCc1ccccc1. The van der Waals surface area contributed by atoms with Crippen LogP contribution in [0.5, 0.6) is 0 Å². The minimum atomic E-state index is -2.05. The molecule has 0 aliphatic carbocycles. The van der Waals surface area contributed by atoms with Crippen LogP contribution < -0.4 is 15.9 Å². The first kappa shape index (κ1) is 22.9. The van der Waals surface area contributed by atoms with Gasteiger partial charge in [-0.05, 0) is 42.0 Å². The summed E-state index contributed by atoms with van der Waals surface area (Å²) in [6, 6.07) is 41.4. The normalized spacial score (nSPS) is 11.2. The van der Waals surface area contributed by atoms with Gasteiger partial charge in [0.15, 0.2) is 6.35 Å². The molecule has 0 spiro atoms. The van der Waals surface area contributed by atoms with E-state index in [1.165, 1.54) is 15.9 Å². The predicted octanol–water partition coefficient (Wildman–Crippen LogP) is 5.09. The Morgan fingerprint density at radius 1 is 0.606 bits per heavy atom. The number of ether oxygens (including phenoxy) is 2. The van der Waals surface area contributed by atoms with Crippen LogP contribution >= 0.6 is 7.26 Å². The van der Waals surface area contributed by atoms with Crippen molar-refractivity contribution in [3.63, 3.8) is 0 Å². The molecule has 4 rings (SSSR count). The Labute approximate surface area is 196 Å². The predicted molar refractivity (Wildman–Crippen MR) is 137 cm³/mol. The molecule has 166 valence electrons. The maximum atomic E-state index is 12.3. The number of hydrogen-bond acceptors (Lipinski definition) is 3. The highest BCUT2D eigenvalue weighted by atomic mass is 31.2. The van der Waals surface area contributed by atoms with Crippen LogP contribution in [0.1, 0.15) is 12.0 Å². The maximum absolute atomic E-state index is 12.3. The van der Waals surface area contributed by atoms with E-state index in [0.717, 1.165) is 5.56 Å². The van der Waals surface area contributed by atoms with Gasteiger partial charge in [0.05, 0.1) is 13.0 Å². The van der Waals surface area contributed by atoms with Crippen molar-refractivity contribution in [1.82, 2.24) is 0 Å². The Kier molecular flexibility index (Phi) is 8.03. The molecule has 4 aromatic rings. The minimum absolute atomic E-state index is 0.227. The lowest BCUT2D eigenvalue weighted by Crippen LogP contribution is -2.34. The van der Waals surface area contributed by atoms with Gasteiger partial charge in [-0.2, -0.15) is 0 Å². The van der Waals surface area contributed by atoms with Crippen molar-refractivity contribution in [3.05, 3.63) is 127 Å². The molecule has 0 N–H and O–H groups in total. The summed E-state index contributed by atoms with van der Waals surface area (Å²) in [7, 11) is -2.05. The van der Waals surface area contributed by atoms with E-state index in [0.29, 0.717) is 13.0 Å². The molecular weight excluding hydrogens is 427 g/mol. The third-order valence-corrected chi connectivity index (χ3v) is 9.68. The fourth-order valence-electron chi connectivity index (χ4n) is 3.89. The molecule has 0 unspecified atom stereocenters. The largest absolute Gasteiger partial charge is 0.461 e. The van der Waals surface area contributed by atoms with Gasteiger partial charge in [0, 0.05) is 0 Å². The number of hydrogen-bond donors (Lipinski definition) is 0. The fourth-order valence-corrected chi connectivity index (χ4v) is 7.67. The van der Waals surface area contributed by atoms with E-state index in [-0.39, 0.29) is 19.0 Å². The molecule has 4 heteroatoms. The highest BCUT2D eigenvalue weighted by molar-refractivity contribution is 7.95. The minimum Gasteiger partial charge on any atom is -0.461 e. The first-order valence-corrected chi connectivity index (χ1v) is 13.1. The van der Waals surface area contributed by atoms with Gasteiger partial charge in [-0.25, -0.2) is 0 Å². The van der Waals surface area contributed by atoms with Crippen molar-refractivity contribution in [2.24, 2.45) is 0 Å². The summed E-state index contributed by atoms with van der Waals surface area (Å²) >= 11 is 0. The summed E-state index contributed by atoms with van der Waals surface area (Å²) in [4.78, 5) is 12.3. The second-order valence-corrected chi connectivity index (χ2v) is 11.2. The van der Waals surface area contributed by atoms with Gasteiger partial charge in [-0.3, -0.25) is 4.79 Å². The summed E-state index contributed by atoms with van der Waals surface area (Å²) in [6.45, 7) is 0.608. The summed E-state index contributed by atoms with van der Waals surface area (Å²) in [6.07, 6.45) is 0.752. The van der Waals surface area contributed by atoms with Crippen LogP contribution in [0.3, 0.4) is 0 Å². The van der Waals surface area contributed by atoms with Crippen LogP contribution in [0.25, 0.3) is 0 Å². The van der Waals surface area contributed by atoms with Gasteiger partial charge >= 0.3 is 5.97 Å². The van der Waals surface area contributed by atoms with Crippen molar-refractivity contribution < 1.29 is 14.3 Å². The van der Waals surface area contributed by atoms with E-state index in [9.17, 15) is 4.79 Å². The van der Waals surface area contributed by atoms with Crippen molar-refractivity contribution in [1.29, 1.82) is 0 Å². The van der Waals surface area contributed by atoms with E-state index in [4.69, 9.17) is 9.47 Å². The molecule has 33 heavy (non-hydrogen) atoms. The van der Waals surface area contributed by atoms with Gasteiger partial charge < -0.3 is 9.47 Å². The zero-order valence-corrected chi connectivity index (χ0v) is 19.4. The van der Waals surface area contributed by atoms with Gasteiger partial charge in [0.2, 0.25) is 0 Å². The van der Waals surface area contributed by atoms with Crippen molar-refractivity contribution in [3.8, 4) is 0 Å². The molecule has 0 radical (unpaired) electrons. The highest BCUT2D eigenvalue weighted by Crippen LogP contribution is 2.55. The Bertz CT molecular complexity index is 1020. The summed E-state index contributed by atoms with van der Waals surface area (Å²) in [5.41, 5.74) is 0.981. The molecule has 0 saturated heterocycles. The standard InChI is InChI=1S/C29H28O3P/c30-29(32-23-25-13-5-1-6-14-25)21-22-31-24-33(26-15-7-2-8-16-26,27-17-9-3-10-18-27)28-19-11-4-12-20-28/h1-20H,21-24H2/q+1. The average Bonchev–Trinajstić information content (AvgIpc) is 2.90. The lowest BCUT2D eigenvalue weighted by Gasteiger charge is -2.27. The quantitative estimate of drug-likeness (QED) is 0.190. The van der Waals surface area contributed by atoms with Crippen LogP contribution in [0, 0.1) is 0 Å². The number of carbonyl (C=O) groups excluding carboxylic acids is 1. The van der Waals surface area contributed by atoms with E-state index >= 15 is 0 Å². The van der Waals surface area contributed by atoms with Crippen molar-refractivity contribution in [2.75, 3.05) is 13.0 Å². The van der Waals surface area contributed by atoms with Crippen LogP contribution in [0.4, 0.5) is 0 Å². The number of esters is 1. The van der Waals surface area contributed by atoms with Crippen LogP contribution in [-0.4, -0.2) is 18.9 Å². The van der Waals surface area contributed by atoms with E-state index < -0.39 is 7.26 Å². The van der Waals surface area contributed by atoms with Crippen molar-refractivity contribution in [2.45, 2.75) is 13.0 Å². The summed E-state index contributed by atoms with van der Waals surface area (Å²) in [5, 5.41) is 3.78. The Morgan fingerprint density at radius 2 is 1.03 bits per heavy atom. The molecule has 0 aliphatic rings. The second-order valence-electron chi connectivity index (χ2n) is 7.75. The van der Waals surface area contributed by atoms with E-state index in [2.05, 4.69) is 72.8 Å². The molecule has 0 aliphatic heterocycles. The van der Waals surface area contributed by atoms with Gasteiger partial charge in [-0.1, -0.05) is 84.9 Å². The lowest BCUT2D eigenvalue weighted by atomic mass is 10.2. The van der Waals surface area contributed by atoms with Gasteiger partial charge in [0.1, 0.15) is 29.8 Å². The third-order valence-electron chi connectivity index (χ3n) is 5.57. The van der Waals surface area contributed by atoms with Crippen LogP contribution in [0.15, 0.2) is 121 Å². The smallest absolute Gasteiger partial charge is 0.308 e. The topological polar surface area (TPSA) is 35.5 Å². The second kappa shape index (κ2) is 11.6.